The first-order valence-corrected chi connectivity index (χ1v) is 6.90. The molecule has 2 rings (SSSR count). The fourth-order valence-corrected chi connectivity index (χ4v) is 1.81. The summed E-state index contributed by atoms with van der Waals surface area (Å²) in [7, 11) is 1.48. The third-order valence-corrected chi connectivity index (χ3v) is 2.99. The lowest BCUT2D eigenvalue weighted by atomic mass is 10.2. The SMILES string of the molecule is COc1ccccc1C(=O)NCC(=O)NN=C(C)c1ccco1. The van der Waals surface area contributed by atoms with Crippen molar-refractivity contribution in [3.05, 3.63) is 54.0 Å². The van der Waals surface area contributed by atoms with Crippen LogP contribution in [-0.4, -0.2) is 31.2 Å². The average Bonchev–Trinajstić information content (AvgIpc) is 3.12. The first-order valence-electron chi connectivity index (χ1n) is 6.90. The van der Waals surface area contributed by atoms with Crippen LogP contribution in [0.1, 0.15) is 23.0 Å². The molecule has 0 saturated heterocycles. The number of carbonyl (C=O) groups excluding carboxylic acids is 2. The summed E-state index contributed by atoms with van der Waals surface area (Å²) in [6.45, 7) is 1.50. The van der Waals surface area contributed by atoms with Gasteiger partial charge in [-0.05, 0) is 31.2 Å². The van der Waals surface area contributed by atoms with E-state index in [2.05, 4.69) is 15.8 Å². The molecule has 1 heterocycles. The Kier molecular flexibility index (Phi) is 5.51. The highest BCUT2D eigenvalue weighted by molar-refractivity contribution is 5.99. The molecule has 0 aliphatic rings. The molecule has 0 saturated carbocycles. The van der Waals surface area contributed by atoms with Gasteiger partial charge in [-0.15, -0.1) is 0 Å². The molecule has 2 N–H and O–H groups in total. The number of ether oxygens (including phenoxy) is 1. The number of hydrogen-bond donors (Lipinski definition) is 2. The van der Waals surface area contributed by atoms with Gasteiger partial charge in [0.2, 0.25) is 0 Å². The Morgan fingerprint density at radius 2 is 2.00 bits per heavy atom. The van der Waals surface area contributed by atoms with Crippen LogP contribution < -0.4 is 15.5 Å². The summed E-state index contributed by atoms with van der Waals surface area (Å²) in [5.74, 6) is 0.156. The summed E-state index contributed by atoms with van der Waals surface area (Å²) in [4.78, 5) is 23.7. The van der Waals surface area contributed by atoms with E-state index in [9.17, 15) is 9.59 Å². The summed E-state index contributed by atoms with van der Waals surface area (Å²) in [5, 5.41) is 6.41. The molecule has 0 fully saturated rings. The Labute approximate surface area is 133 Å². The van der Waals surface area contributed by atoms with E-state index in [1.807, 2.05) is 0 Å². The quantitative estimate of drug-likeness (QED) is 0.625. The number of furan rings is 1. The van der Waals surface area contributed by atoms with Crippen LogP contribution in [0.25, 0.3) is 0 Å². The number of benzene rings is 1. The molecule has 0 aliphatic carbocycles. The van der Waals surface area contributed by atoms with Gasteiger partial charge in [0.15, 0.2) is 0 Å². The van der Waals surface area contributed by atoms with Crippen LogP contribution in [0.15, 0.2) is 52.2 Å². The molecule has 23 heavy (non-hydrogen) atoms. The van der Waals surface area contributed by atoms with Crippen LogP contribution >= 0.6 is 0 Å². The van der Waals surface area contributed by atoms with E-state index in [1.54, 1.807) is 43.3 Å². The second kappa shape index (κ2) is 7.79. The molecule has 7 nitrogen and oxygen atoms in total. The number of nitrogens with zero attached hydrogens (tertiary/aromatic N) is 1. The van der Waals surface area contributed by atoms with Crippen LogP contribution in [0, 0.1) is 0 Å². The molecule has 1 aromatic heterocycles. The molecule has 2 aromatic rings. The standard InChI is InChI=1S/C16H17N3O4/c1-11(13-8-5-9-23-13)18-19-15(20)10-17-16(21)12-6-3-4-7-14(12)22-2/h3-9H,10H2,1-2H3,(H,17,21)(H,19,20). The van der Waals surface area contributed by atoms with Crippen molar-refractivity contribution in [3.8, 4) is 5.75 Å². The van der Waals surface area contributed by atoms with E-state index >= 15 is 0 Å². The Bertz CT molecular complexity index is 708. The lowest BCUT2D eigenvalue weighted by Crippen LogP contribution is -2.35. The summed E-state index contributed by atoms with van der Waals surface area (Å²) in [5.41, 5.74) is 3.24. The van der Waals surface area contributed by atoms with E-state index in [-0.39, 0.29) is 6.54 Å². The maximum atomic E-state index is 12.0. The molecule has 0 aliphatic heterocycles. The van der Waals surface area contributed by atoms with E-state index in [0.29, 0.717) is 22.8 Å². The largest absolute Gasteiger partial charge is 0.496 e. The molecule has 0 unspecified atom stereocenters. The molecule has 0 radical (unpaired) electrons. The summed E-state index contributed by atoms with van der Waals surface area (Å²) >= 11 is 0. The third kappa shape index (κ3) is 4.44. The summed E-state index contributed by atoms with van der Waals surface area (Å²) < 4.78 is 10.2. The van der Waals surface area contributed by atoms with Gasteiger partial charge in [-0.1, -0.05) is 12.1 Å². The third-order valence-electron chi connectivity index (χ3n) is 2.99. The maximum absolute atomic E-state index is 12.0. The van der Waals surface area contributed by atoms with Gasteiger partial charge in [0.05, 0.1) is 25.5 Å². The molecule has 2 amide bonds. The van der Waals surface area contributed by atoms with Gasteiger partial charge < -0.3 is 14.5 Å². The van der Waals surface area contributed by atoms with Crippen molar-refractivity contribution >= 4 is 17.5 Å². The van der Waals surface area contributed by atoms with E-state index < -0.39 is 11.8 Å². The highest BCUT2D eigenvalue weighted by Crippen LogP contribution is 2.16. The molecular weight excluding hydrogens is 298 g/mol. The number of amides is 2. The first-order chi connectivity index (χ1) is 11.1. The van der Waals surface area contributed by atoms with Crippen molar-refractivity contribution in [1.82, 2.24) is 10.7 Å². The first kappa shape index (κ1) is 16.3. The van der Waals surface area contributed by atoms with Crippen molar-refractivity contribution in [3.63, 3.8) is 0 Å². The fourth-order valence-electron chi connectivity index (χ4n) is 1.81. The highest BCUT2D eigenvalue weighted by Gasteiger charge is 2.12. The smallest absolute Gasteiger partial charge is 0.259 e. The predicted octanol–water partition coefficient (Wildman–Crippen LogP) is 1.56. The summed E-state index contributed by atoms with van der Waals surface area (Å²) in [6, 6.07) is 10.2. The van der Waals surface area contributed by atoms with Crippen molar-refractivity contribution in [2.24, 2.45) is 5.10 Å². The van der Waals surface area contributed by atoms with Gasteiger partial charge in [-0.2, -0.15) is 5.10 Å². The number of hydrazone groups is 1. The average molecular weight is 315 g/mol. The van der Waals surface area contributed by atoms with Crippen molar-refractivity contribution in [2.75, 3.05) is 13.7 Å². The normalized spacial score (nSPS) is 11.0. The molecule has 1 aromatic carbocycles. The minimum absolute atomic E-state index is 0.203. The molecule has 0 bridgehead atoms. The van der Waals surface area contributed by atoms with Crippen LogP contribution in [0.4, 0.5) is 0 Å². The van der Waals surface area contributed by atoms with Crippen molar-refractivity contribution in [1.29, 1.82) is 0 Å². The van der Waals surface area contributed by atoms with E-state index in [4.69, 9.17) is 9.15 Å². The molecule has 7 heteroatoms. The monoisotopic (exact) mass is 315 g/mol. The van der Waals surface area contributed by atoms with Gasteiger partial charge >= 0.3 is 0 Å². The lowest BCUT2D eigenvalue weighted by molar-refractivity contribution is -0.120. The van der Waals surface area contributed by atoms with Crippen molar-refractivity contribution in [2.45, 2.75) is 6.92 Å². The van der Waals surface area contributed by atoms with Gasteiger partial charge in [0.1, 0.15) is 17.2 Å². The fraction of sp³-hybridized carbons (Fsp3) is 0.188. The van der Waals surface area contributed by atoms with E-state index in [1.165, 1.54) is 13.4 Å². The molecular formula is C16H17N3O4. The zero-order chi connectivity index (χ0) is 16.7. The topological polar surface area (TPSA) is 92.9 Å². The van der Waals surface area contributed by atoms with Gasteiger partial charge in [-0.25, -0.2) is 5.43 Å². The second-order valence-electron chi connectivity index (χ2n) is 4.59. The lowest BCUT2D eigenvalue weighted by Gasteiger charge is -2.08. The number of carbonyl (C=O) groups is 2. The van der Waals surface area contributed by atoms with Gasteiger partial charge in [-0.3, -0.25) is 9.59 Å². The molecule has 0 atom stereocenters. The van der Waals surface area contributed by atoms with Crippen LogP contribution in [0.2, 0.25) is 0 Å². The Balaban J connectivity index is 1.87. The van der Waals surface area contributed by atoms with Gasteiger partial charge in [0.25, 0.3) is 11.8 Å². The zero-order valence-electron chi connectivity index (χ0n) is 12.8. The minimum atomic E-state index is -0.445. The second-order valence-corrected chi connectivity index (χ2v) is 4.59. The molecule has 0 spiro atoms. The van der Waals surface area contributed by atoms with Gasteiger partial charge in [0, 0.05) is 0 Å². The van der Waals surface area contributed by atoms with Crippen LogP contribution in [-0.2, 0) is 4.79 Å². The number of para-hydroxylation sites is 1. The predicted molar refractivity (Wildman–Crippen MR) is 84.4 cm³/mol. The van der Waals surface area contributed by atoms with E-state index in [0.717, 1.165) is 0 Å². The zero-order valence-corrected chi connectivity index (χ0v) is 12.8. The molecule has 120 valence electrons. The Hall–Kier alpha value is -3.09. The van der Waals surface area contributed by atoms with Crippen molar-refractivity contribution < 1.29 is 18.7 Å². The Morgan fingerprint density at radius 3 is 2.70 bits per heavy atom. The highest BCUT2D eigenvalue weighted by atomic mass is 16.5. The minimum Gasteiger partial charge on any atom is -0.496 e. The Morgan fingerprint density at radius 1 is 1.22 bits per heavy atom. The number of hydrogen-bond acceptors (Lipinski definition) is 5. The van der Waals surface area contributed by atoms with Crippen LogP contribution in [0.5, 0.6) is 5.75 Å². The summed E-state index contributed by atoms with van der Waals surface area (Å²) in [6.07, 6.45) is 1.52. The maximum Gasteiger partial charge on any atom is 0.259 e. The number of rotatable bonds is 6. The van der Waals surface area contributed by atoms with Crippen LogP contribution in [0.3, 0.4) is 0 Å². The number of nitrogens with one attached hydrogen (secondary N) is 2. The number of methoxy groups -OCH3 is 1.